The van der Waals surface area contributed by atoms with E-state index in [4.69, 9.17) is 9.88 Å². The molecule has 1 amide bonds. The number of rotatable bonds is 5. The second-order valence-corrected chi connectivity index (χ2v) is 8.90. The molecular weight excluding hydrogens is 465 g/mol. The van der Waals surface area contributed by atoms with Crippen molar-refractivity contribution >= 4 is 33.2 Å². The lowest BCUT2D eigenvalue weighted by atomic mass is 9.95. The van der Waals surface area contributed by atoms with Crippen LogP contribution in [0.1, 0.15) is 17.2 Å². The minimum absolute atomic E-state index is 0.0903. The lowest BCUT2D eigenvalue weighted by Gasteiger charge is -2.25. The van der Waals surface area contributed by atoms with Crippen molar-refractivity contribution in [2.75, 3.05) is 12.0 Å². The lowest BCUT2D eigenvalue weighted by molar-refractivity contribution is -0.132. The Morgan fingerprint density at radius 2 is 1.85 bits per heavy atom. The van der Waals surface area contributed by atoms with Crippen molar-refractivity contribution in [3.63, 3.8) is 0 Å². The van der Waals surface area contributed by atoms with Gasteiger partial charge in [0.2, 0.25) is 10.0 Å². The maximum absolute atomic E-state index is 14.0. The number of carbonyl (C=O) groups excluding carboxylic acids is 2. The number of aromatic nitrogens is 1. The predicted molar refractivity (Wildman–Crippen MR) is 120 cm³/mol. The zero-order valence-electron chi connectivity index (χ0n) is 17.7. The smallest absolute Gasteiger partial charge is 0.300 e. The number of methoxy groups -OCH3 is 1. The molecule has 1 aliphatic rings. The lowest BCUT2D eigenvalue weighted by Crippen LogP contribution is -2.29. The fourth-order valence-corrected chi connectivity index (χ4v) is 4.27. The maximum atomic E-state index is 14.0. The van der Waals surface area contributed by atoms with E-state index in [0.717, 1.165) is 17.0 Å². The van der Waals surface area contributed by atoms with Crippen LogP contribution in [0.5, 0.6) is 5.75 Å². The van der Waals surface area contributed by atoms with E-state index in [1.54, 1.807) is 12.1 Å². The molecule has 11 heteroatoms. The van der Waals surface area contributed by atoms with E-state index in [0.29, 0.717) is 5.56 Å². The number of anilines is 1. The number of ketones is 1. The van der Waals surface area contributed by atoms with Crippen molar-refractivity contribution in [3.8, 4) is 5.75 Å². The highest BCUT2D eigenvalue weighted by atomic mass is 32.2. The van der Waals surface area contributed by atoms with Crippen molar-refractivity contribution in [3.05, 3.63) is 89.5 Å². The van der Waals surface area contributed by atoms with E-state index < -0.39 is 39.3 Å². The highest BCUT2D eigenvalue weighted by Crippen LogP contribution is 2.43. The van der Waals surface area contributed by atoms with E-state index in [2.05, 4.69) is 4.98 Å². The zero-order chi connectivity index (χ0) is 24.6. The molecular formula is C23H18FN3O6S. The first-order valence-corrected chi connectivity index (χ1v) is 11.4. The molecule has 0 radical (unpaired) electrons. The number of primary sulfonamides is 1. The third-order valence-electron chi connectivity index (χ3n) is 5.30. The van der Waals surface area contributed by atoms with Crippen LogP contribution in [-0.4, -0.2) is 37.3 Å². The van der Waals surface area contributed by atoms with Gasteiger partial charge in [-0.2, -0.15) is 0 Å². The van der Waals surface area contributed by atoms with Gasteiger partial charge in [0.1, 0.15) is 17.3 Å². The van der Waals surface area contributed by atoms with Crippen LogP contribution in [0, 0.1) is 5.82 Å². The second-order valence-electron chi connectivity index (χ2n) is 7.34. The molecule has 2 aromatic carbocycles. The Morgan fingerprint density at radius 3 is 2.44 bits per heavy atom. The highest BCUT2D eigenvalue weighted by molar-refractivity contribution is 7.89. The number of hydrogen-bond donors (Lipinski definition) is 2. The average molecular weight is 483 g/mol. The summed E-state index contributed by atoms with van der Waals surface area (Å²) in [5.41, 5.74) is 0.138. The number of amides is 1. The number of carbonyl (C=O) groups is 2. The van der Waals surface area contributed by atoms with E-state index in [-0.39, 0.29) is 27.5 Å². The van der Waals surface area contributed by atoms with Gasteiger partial charge in [0.15, 0.2) is 0 Å². The molecule has 4 rings (SSSR count). The molecule has 0 aliphatic carbocycles. The molecule has 9 nitrogen and oxygen atoms in total. The van der Waals surface area contributed by atoms with Crippen LogP contribution >= 0.6 is 0 Å². The SMILES string of the molecule is COc1ccc(F)cc1/C(O)=C1\C(=O)C(=O)N(c2ccc(S(N)(=O)=O)cc2)C1c1cccnc1. The number of ether oxygens (including phenoxy) is 1. The average Bonchev–Trinajstić information content (AvgIpc) is 3.09. The summed E-state index contributed by atoms with van der Waals surface area (Å²) in [7, 11) is -2.67. The Labute approximate surface area is 194 Å². The molecule has 1 aromatic heterocycles. The number of halogens is 1. The topological polar surface area (TPSA) is 140 Å². The van der Waals surface area contributed by atoms with Gasteiger partial charge in [-0.3, -0.25) is 19.5 Å². The summed E-state index contributed by atoms with van der Waals surface area (Å²) < 4.78 is 42.4. The van der Waals surface area contributed by atoms with Crippen LogP contribution in [-0.2, 0) is 19.6 Å². The van der Waals surface area contributed by atoms with Crippen LogP contribution < -0.4 is 14.8 Å². The summed E-state index contributed by atoms with van der Waals surface area (Å²) in [5, 5.41) is 16.2. The van der Waals surface area contributed by atoms with Crippen molar-refractivity contribution in [1.29, 1.82) is 0 Å². The number of hydrogen-bond acceptors (Lipinski definition) is 7. The highest BCUT2D eigenvalue weighted by Gasteiger charge is 2.47. The number of sulfonamides is 1. The number of aliphatic hydroxyl groups is 1. The molecule has 0 spiro atoms. The Balaban J connectivity index is 1.95. The van der Waals surface area contributed by atoms with E-state index in [1.807, 2.05) is 0 Å². The van der Waals surface area contributed by atoms with Crippen LogP contribution in [0.15, 0.2) is 77.5 Å². The molecule has 174 valence electrons. The Hall–Kier alpha value is -4.09. The molecule has 0 bridgehead atoms. The van der Waals surface area contributed by atoms with Crippen LogP contribution in [0.4, 0.5) is 10.1 Å². The number of nitrogens with two attached hydrogens (primary N) is 1. The Bertz CT molecular complexity index is 1420. The number of benzene rings is 2. The number of aliphatic hydroxyl groups excluding tert-OH is 1. The molecule has 3 aromatic rings. The van der Waals surface area contributed by atoms with Gasteiger partial charge < -0.3 is 9.84 Å². The largest absolute Gasteiger partial charge is 0.507 e. The maximum Gasteiger partial charge on any atom is 0.300 e. The van der Waals surface area contributed by atoms with Gasteiger partial charge in [-0.15, -0.1) is 0 Å². The van der Waals surface area contributed by atoms with Gasteiger partial charge >= 0.3 is 0 Å². The standard InChI is InChI=1S/C23H18FN3O6S/c1-33-18-9-4-14(24)11-17(18)21(28)19-20(13-3-2-10-26-12-13)27(23(30)22(19)29)15-5-7-16(8-6-15)34(25,31)32/h2-12,20,28H,1H3,(H2,25,31,32)/b21-19+. The first-order valence-electron chi connectivity index (χ1n) is 9.81. The van der Waals surface area contributed by atoms with Gasteiger partial charge in [-0.05, 0) is 54.1 Å². The zero-order valence-corrected chi connectivity index (χ0v) is 18.5. The first-order chi connectivity index (χ1) is 16.1. The molecule has 0 saturated carbocycles. The van der Waals surface area contributed by atoms with Crippen LogP contribution in [0.3, 0.4) is 0 Å². The predicted octanol–water partition coefficient (Wildman–Crippen LogP) is 2.50. The summed E-state index contributed by atoms with van der Waals surface area (Å²) in [5.74, 6) is -3.23. The summed E-state index contributed by atoms with van der Waals surface area (Å²) in [4.78, 5) is 31.2. The molecule has 2 heterocycles. The summed E-state index contributed by atoms with van der Waals surface area (Å²) in [6.07, 6.45) is 2.91. The monoisotopic (exact) mass is 483 g/mol. The van der Waals surface area contributed by atoms with Gasteiger partial charge in [0.05, 0.1) is 29.2 Å². The van der Waals surface area contributed by atoms with Crippen LogP contribution in [0.2, 0.25) is 0 Å². The third-order valence-corrected chi connectivity index (χ3v) is 6.23. The van der Waals surface area contributed by atoms with Gasteiger partial charge in [0.25, 0.3) is 11.7 Å². The van der Waals surface area contributed by atoms with Gasteiger partial charge in [-0.1, -0.05) is 6.07 Å². The molecule has 3 N–H and O–H groups in total. The molecule has 1 unspecified atom stereocenters. The fourth-order valence-electron chi connectivity index (χ4n) is 3.76. The van der Waals surface area contributed by atoms with E-state index in [9.17, 15) is 27.5 Å². The molecule has 1 saturated heterocycles. The Kier molecular flexibility index (Phi) is 5.90. The van der Waals surface area contributed by atoms with Crippen molar-refractivity contribution in [1.82, 2.24) is 4.98 Å². The van der Waals surface area contributed by atoms with Crippen LogP contribution in [0.25, 0.3) is 5.76 Å². The van der Waals surface area contributed by atoms with Gasteiger partial charge in [-0.25, -0.2) is 17.9 Å². The van der Waals surface area contributed by atoms with E-state index in [1.165, 1.54) is 49.8 Å². The second kappa shape index (κ2) is 8.69. The summed E-state index contributed by atoms with van der Waals surface area (Å²) in [6, 6.07) is 10.5. The Morgan fingerprint density at radius 1 is 1.15 bits per heavy atom. The molecule has 1 fully saturated rings. The minimum atomic E-state index is -3.98. The number of Topliss-reactive ketones (excluding diaryl/α,β-unsaturated/α-hetero) is 1. The molecule has 1 atom stereocenters. The quantitative estimate of drug-likeness (QED) is 0.323. The summed E-state index contributed by atoms with van der Waals surface area (Å²) >= 11 is 0. The normalized spacial score (nSPS) is 17.7. The number of nitrogens with zero attached hydrogens (tertiary/aromatic N) is 2. The van der Waals surface area contributed by atoms with Gasteiger partial charge in [0, 0.05) is 18.1 Å². The minimum Gasteiger partial charge on any atom is -0.507 e. The van der Waals surface area contributed by atoms with Crippen molar-refractivity contribution in [2.24, 2.45) is 5.14 Å². The van der Waals surface area contributed by atoms with Crippen molar-refractivity contribution in [2.45, 2.75) is 10.9 Å². The third kappa shape index (κ3) is 4.02. The first kappa shape index (κ1) is 23.1. The summed E-state index contributed by atoms with van der Waals surface area (Å²) in [6.45, 7) is 0. The molecule has 34 heavy (non-hydrogen) atoms. The van der Waals surface area contributed by atoms with Crippen molar-refractivity contribution < 1.29 is 32.2 Å². The fraction of sp³-hybridized carbons (Fsp3) is 0.0870. The van der Waals surface area contributed by atoms with E-state index >= 15 is 0 Å². The molecule has 1 aliphatic heterocycles. The number of pyridine rings is 1.